The number of ether oxygens (including phenoxy) is 1. The number of nitriles is 1. The van der Waals surface area contributed by atoms with Gasteiger partial charge >= 0.3 is 0 Å². The van der Waals surface area contributed by atoms with E-state index < -0.39 is 5.82 Å². The summed E-state index contributed by atoms with van der Waals surface area (Å²) in [5, 5.41) is 16.1. The maximum Gasteiger partial charge on any atom is 0.248 e. The average Bonchev–Trinajstić information content (AvgIpc) is 3.35. The minimum Gasteiger partial charge on any atom is -0.494 e. The normalized spacial score (nSPS) is 13.8. The van der Waals surface area contributed by atoms with E-state index in [1.54, 1.807) is 12.1 Å². The maximum atomic E-state index is 13.6. The van der Waals surface area contributed by atoms with Crippen molar-refractivity contribution < 1.29 is 13.9 Å². The number of fused-ring (bicyclic) bond motifs is 1. The number of hydrogen-bond donors (Lipinski definition) is 2. The zero-order valence-corrected chi connectivity index (χ0v) is 19.8. The molecule has 1 saturated heterocycles. The Hall–Kier alpha value is -3.32. The number of halogens is 2. The molecule has 1 aliphatic rings. The summed E-state index contributed by atoms with van der Waals surface area (Å²) in [6.07, 6.45) is 4.76. The number of anilines is 3. The molecular weight excluding hydrogens is 477 g/mol. The predicted octanol–water partition coefficient (Wildman–Crippen LogP) is 5.15. The molecule has 0 atom stereocenters. The third-order valence-corrected chi connectivity index (χ3v) is 6.52. The number of carbonyl (C=O) groups is 1. The first-order valence-electron chi connectivity index (χ1n) is 10.4. The van der Waals surface area contributed by atoms with Crippen LogP contribution in [0.3, 0.4) is 0 Å². The first-order chi connectivity index (χ1) is 16.5. The molecule has 3 aromatic rings. The average molecular weight is 498 g/mol. The van der Waals surface area contributed by atoms with E-state index in [9.17, 15) is 14.4 Å². The number of hydrogen-bond acceptors (Lipinski definition) is 7. The van der Waals surface area contributed by atoms with Gasteiger partial charge in [0.1, 0.15) is 17.6 Å². The zero-order chi connectivity index (χ0) is 24.1. The molecule has 10 heteroatoms. The largest absolute Gasteiger partial charge is 0.494 e. The highest BCUT2D eigenvalue weighted by Crippen LogP contribution is 2.36. The van der Waals surface area contributed by atoms with Crippen molar-refractivity contribution in [3.8, 4) is 11.8 Å². The van der Waals surface area contributed by atoms with Crippen LogP contribution in [0.5, 0.6) is 5.75 Å². The van der Waals surface area contributed by atoms with Crippen molar-refractivity contribution in [3.05, 3.63) is 65.1 Å². The highest BCUT2D eigenvalue weighted by molar-refractivity contribution is 7.99. The van der Waals surface area contributed by atoms with Gasteiger partial charge in [0.15, 0.2) is 0 Å². The van der Waals surface area contributed by atoms with Gasteiger partial charge in [0.2, 0.25) is 5.91 Å². The van der Waals surface area contributed by atoms with Crippen molar-refractivity contribution in [1.82, 2.24) is 9.88 Å². The summed E-state index contributed by atoms with van der Waals surface area (Å²) in [5.41, 5.74) is 2.21. The summed E-state index contributed by atoms with van der Waals surface area (Å²) in [6, 6.07) is 9.67. The molecule has 0 spiro atoms. The van der Waals surface area contributed by atoms with Crippen molar-refractivity contribution in [2.45, 2.75) is 0 Å². The van der Waals surface area contributed by atoms with E-state index in [4.69, 9.17) is 16.3 Å². The molecule has 174 valence electrons. The standard InChI is InChI=1S/C24H21ClFN5O2S/c1-33-22-11-20-17(10-21(22)30-23(32)3-2-6-31-7-8-34-14-31)24(15(12-27)13-28-20)29-16-4-5-19(26)18(25)9-16/h2-5,9-11,13H,6-8,14H2,1H3,(H,28,29)(H,30,32). The fourth-order valence-corrected chi connectivity index (χ4v) is 4.69. The van der Waals surface area contributed by atoms with Crippen LogP contribution >= 0.6 is 23.4 Å². The van der Waals surface area contributed by atoms with Crippen LogP contribution in [-0.4, -0.2) is 47.6 Å². The lowest BCUT2D eigenvalue weighted by atomic mass is 10.1. The van der Waals surface area contributed by atoms with Gasteiger partial charge in [0.25, 0.3) is 0 Å². The summed E-state index contributed by atoms with van der Waals surface area (Å²) in [5.74, 6) is 1.66. The van der Waals surface area contributed by atoms with Crippen molar-refractivity contribution >= 4 is 57.2 Å². The molecule has 0 unspecified atom stereocenters. The number of aromatic nitrogens is 1. The molecule has 2 aromatic carbocycles. The highest BCUT2D eigenvalue weighted by Gasteiger charge is 2.15. The van der Waals surface area contributed by atoms with Crippen LogP contribution in [-0.2, 0) is 4.79 Å². The molecule has 4 rings (SSSR count). The van der Waals surface area contributed by atoms with E-state index in [2.05, 4.69) is 26.6 Å². The molecule has 2 heterocycles. The van der Waals surface area contributed by atoms with E-state index in [0.717, 1.165) is 18.2 Å². The lowest BCUT2D eigenvalue weighted by Gasteiger charge is -2.15. The lowest BCUT2D eigenvalue weighted by Crippen LogP contribution is -2.19. The number of pyridine rings is 1. The van der Waals surface area contributed by atoms with Crippen LogP contribution in [0.4, 0.5) is 21.5 Å². The van der Waals surface area contributed by atoms with Crippen LogP contribution in [0.15, 0.2) is 48.7 Å². The van der Waals surface area contributed by atoms with Crippen LogP contribution in [0.2, 0.25) is 5.02 Å². The van der Waals surface area contributed by atoms with Gasteiger partial charge in [0.05, 0.1) is 34.6 Å². The van der Waals surface area contributed by atoms with Gasteiger partial charge in [-0.25, -0.2) is 4.39 Å². The minimum absolute atomic E-state index is 0.0456. The molecule has 0 bridgehead atoms. The lowest BCUT2D eigenvalue weighted by molar-refractivity contribution is -0.111. The molecule has 0 radical (unpaired) electrons. The van der Waals surface area contributed by atoms with Crippen molar-refractivity contribution in [3.63, 3.8) is 0 Å². The Morgan fingerprint density at radius 3 is 2.97 bits per heavy atom. The van der Waals surface area contributed by atoms with Gasteiger partial charge in [-0.3, -0.25) is 14.7 Å². The maximum absolute atomic E-state index is 13.6. The van der Waals surface area contributed by atoms with Crippen molar-refractivity contribution in [2.75, 3.05) is 42.5 Å². The number of rotatable bonds is 7. The molecule has 34 heavy (non-hydrogen) atoms. The van der Waals surface area contributed by atoms with Crippen molar-refractivity contribution in [1.29, 1.82) is 5.26 Å². The molecule has 0 saturated carbocycles. The summed E-state index contributed by atoms with van der Waals surface area (Å²) in [4.78, 5) is 19.1. The molecule has 1 amide bonds. The molecule has 1 fully saturated rings. The Labute approximate surface area is 205 Å². The van der Waals surface area contributed by atoms with E-state index in [0.29, 0.717) is 40.3 Å². The molecule has 1 aliphatic heterocycles. The topological polar surface area (TPSA) is 90.3 Å². The quantitative estimate of drug-likeness (QED) is 0.436. The minimum atomic E-state index is -0.543. The Bertz CT molecular complexity index is 1300. The number of nitrogens with zero attached hydrogens (tertiary/aromatic N) is 3. The summed E-state index contributed by atoms with van der Waals surface area (Å²) in [6.45, 7) is 1.72. The van der Waals surface area contributed by atoms with Crippen molar-refractivity contribution in [2.24, 2.45) is 0 Å². The third kappa shape index (κ3) is 5.42. The fourth-order valence-electron chi connectivity index (χ4n) is 3.50. The number of carbonyl (C=O) groups excluding carboxylic acids is 1. The van der Waals surface area contributed by atoms with Gasteiger partial charge in [0, 0.05) is 54.1 Å². The molecule has 2 N–H and O–H groups in total. The SMILES string of the molecule is COc1cc2ncc(C#N)c(Nc3ccc(F)c(Cl)c3)c2cc1NC(=O)C=CCN1CCSC1. The third-order valence-electron chi connectivity index (χ3n) is 5.22. The van der Waals surface area contributed by atoms with Gasteiger partial charge < -0.3 is 15.4 Å². The Morgan fingerprint density at radius 1 is 1.41 bits per heavy atom. The highest BCUT2D eigenvalue weighted by atomic mass is 35.5. The second-order valence-corrected chi connectivity index (χ2v) is 8.97. The fraction of sp³-hybridized carbons (Fsp3) is 0.208. The van der Waals surface area contributed by atoms with E-state index >= 15 is 0 Å². The van der Waals surface area contributed by atoms with Gasteiger partial charge in [-0.15, -0.1) is 11.8 Å². The summed E-state index contributed by atoms with van der Waals surface area (Å²) in [7, 11) is 1.50. The van der Waals surface area contributed by atoms with Crippen LogP contribution in [0.25, 0.3) is 10.9 Å². The Balaban J connectivity index is 1.66. The number of thioether (sulfide) groups is 1. The van der Waals surface area contributed by atoms with E-state index in [1.165, 1.54) is 37.6 Å². The summed E-state index contributed by atoms with van der Waals surface area (Å²) >= 11 is 7.78. The van der Waals surface area contributed by atoms with Gasteiger partial charge in [-0.1, -0.05) is 17.7 Å². The van der Waals surface area contributed by atoms with Gasteiger partial charge in [-0.2, -0.15) is 5.26 Å². The number of methoxy groups -OCH3 is 1. The van der Waals surface area contributed by atoms with E-state index in [1.807, 2.05) is 17.8 Å². The molecule has 7 nitrogen and oxygen atoms in total. The predicted molar refractivity (Wildman–Crippen MR) is 134 cm³/mol. The number of amides is 1. The van der Waals surface area contributed by atoms with Gasteiger partial charge in [-0.05, 0) is 24.3 Å². The Kier molecular flexibility index (Phi) is 7.53. The van der Waals surface area contributed by atoms with Crippen LogP contribution < -0.4 is 15.4 Å². The Morgan fingerprint density at radius 2 is 2.26 bits per heavy atom. The van der Waals surface area contributed by atoms with E-state index in [-0.39, 0.29) is 16.5 Å². The van der Waals surface area contributed by atoms with Crippen LogP contribution in [0, 0.1) is 17.1 Å². The molecule has 1 aromatic heterocycles. The second-order valence-electron chi connectivity index (χ2n) is 7.49. The zero-order valence-electron chi connectivity index (χ0n) is 18.3. The van der Waals surface area contributed by atoms with Crippen LogP contribution in [0.1, 0.15) is 5.56 Å². The monoisotopic (exact) mass is 497 g/mol. The first-order valence-corrected chi connectivity index (χ1v) is 11.9. The number of benzene rings is 2. The molecular formula is C24H21ClFN5O2S. The summed E-state index contributed by atoms with van der Waals surface area (Å²) < 4.78 is 19.0. The first kappa shape index (κ1) is 23.8. The molecule has 0 aliphatic carbocycles. The smallest absolute Gasteiger partial charge is 0.248 e. The second kappa shape index (κ2) is 10.7. The number of nitrogens with one attached hydrogen (secondary N) is 2.